The lowest BCUT2D eigenvalue weighted by atomic mass is 10.7. The summed E-state index contributed by atoms with van der Waals surface area (Å²) < 4.78 is 8.10. The van der Waals surface area contributed by atoms with E-state index in [1.165, 1.54) is 24.9 Å². The average Bonchev–Trinajstić information content (AvgIpc) is 3.10. The lowest BCUT2D eigenvalue weighted by Crippen LogP contribution is -2.61. The van der Waals surface area contributed by atoms with Gasteiger partial charge < -0.3 is 0 Å². The third-order valence-electron chi connectivity index (χ3n) is 3.20. The van der Waals surface area contributed by atoms with Crippen LogP contribution >= 0.6 is 81.8 Å². The minimum atomic E-state index is -1.85. The highest BCUT2D eigenvalue weighted by Crippen LogP contribution is 2.26. The van der Waals surface area contributed by atoms with E-state index in [0.717, 1.165) is 0 Å². The van der Waals surface area contributed by atoms with Crippen molar-refractivity contribution in [3.63, 3.8) is 0 Å². The molecule has 0 saturated carbocycles. The van der Waals surface area contributed by atoms with Crippen molar-refractivity contribution in [3.8, 4) is 0 Å². The molecule has 3 rings (SSSR count). The Morgan fingerprint density at radius 2 is 0.950 bits per heavy atom. The zero-order valence-electron chi connectivity index (χ0n) is 10.3. The van der Waals surface area contributed by atoms with Gasteiger partial charge in [-0.25, -0.2) is 0 Å². The Balaban J connectivity index is 2.22. The summed E-state index contributed by atoms with van der Waals surface area (Å²) in [5, 5.41) is 0. The van der Waals surface area contributed by atoms with E-state index < -0.39 is 8.07 Å². The van der Waals surface area contributed by atoms with Crippen molar-refractivity contribution in [1.82, 2.24) is 0 Å². The van der Waals surface area contributed by atoms with Crippen molar-refractivity contribution in [2.75, 3.05) is 0 Å². The summed E-state index contributed by atoms with van der Waals surface area (Å²) >= 11 is 16.4. The molecule has 0 unspecified atom stereocenters. The maximum atomic E-state index is 3.61. The molecule has 0 nitrogen and oxygen atoms in total. The number of hydrogen-bond acceptors (Lipinski definition) is 3. The van der Waals surface area contributed by atoms with Crippen molar-refractivity contribution in [2.45, 2.75) is 6.55 Å². The molecule has 0 aliphatic rings. The van der Waals surface area contributed by atoms with E-state index >= 15 is 0 Å². The molecule has 0 bridgehead atoms. The molecule has 3 aromatic rings. The Morgan fingerprint density at radius 3 is 1.15 bits per heavy atom. The van der Waals surface area contributed by atoms with Crippen LogP contribution in [0, 0.1) is 0 Å². The minimum Gasteiger partial charge on any atom is -0.137 e. The fourth-order valence-corrected chi connectivity index (χ4v) is 14.8. The van der Waals surface area contributed by atoms with Crippen LogP contribution in [0.5, 0.6) is 0 Å². The highest BCUT2D eigenvalue weighted by molar-refractivity contribution is 9.11. The maximum absolute atomic E-state index is 3.61. The second-order valence-electron chi connectivity index (χ2n) is 4.44. The number of halogens is 3. The SMILES string of the molecule is C[Si](c1ccc(Br)s1)(c1ccc(Br)s1)c1ccc(Br)s1. The van der Waals surface area contributed by atoms with Gasteiger partial charge in [0.25, 0.3) is 0 Å². The summed E-state index contributed by atoms with van der Waals surface area (Å²) in [6.45, 7) is 2.45. The van der Waals surface area contributed by atoms with E-state index in [-0.39, 0.29) is 0 Å². The number of thiophene rings is 3. The van der Waals surface area contributed by atoms with Gasteiger partial charge in [-0.2, -0.15) is 0 Å². The molecule has 3 heterocycles. The maximum Gasteiger partial charge on any atom is 0.181 e. The molecule has 0 aliphatic heterocycles. The molecule has 20 heavy (non-hydrogen) atoms. The molecular formula is C13H9Br3S3Si. The zero-order valence-corrected chi connectivity index (χ0v) is 18.5. The topological polar surface area (TPSA) is 0 Å². The minimum absolute atomic E-state index is 1.21. The zero-order chi connectivity index (χ0) is 14.3. The summed E-state index contributed by atoms with van der Waals surface area (Å²) in [5.74, 6) is 0. The van der Waals surface area contributed by atoms with Crippen molar-refractivity contribution in [2.24, 2.45) is 0 Å². The molecule has 0 amide bonds. The van der Waals surface area contributed by atoms with Crippen LogP contribution in [-0.4, -0.2) is 8.07 Å². The summed E-state index contributed by atoms with van der Waals surface area (Å²) in [6.07, 6.45) is 0. The van der Waals surface area contributed by atoms with E-state index in [1.54, 1.807) is 0 Å². The lowest BCUT2D eigenvalue weighted by Gasteiger charge is -2.23. The van der Waals surface area contributed by atoms with Crippen LogP contribution in [0.1, 0.15) is 0 Å². The third-order valence-corrected chi connectivity index (χ3v) is 15.6. The van der Waals surface area contributed by atoms with Crippen LogP contribution in [0.15, 0.2) is 47.8 Å². The smallest absolute Gasteiger partial charge is 0.137 e. The van der Waals surface area contributed by atoms with E-state index in [9.17, 15) is 0 Å². The first-order valence-electron chi connectivity index (χ1n) is 5.77. The van der Waals surface area contributed by atoms with Crippen molar-refractivity contribution in [3.05, 3.63) is 47.8 Å². The van der Waals surface area contributed by atoms with Gasteiger partial charge in [-0.1, -0.05) is 24.7 Å². The van der Waals surface area contributed by atoms with Crippen molar-refractivity contribution in [1.29, 1.82) is 0 Å². The van der Waals surface area contributed by atoms with Crippen LogP contribution in [0.3, 0.4) is 0 Å². The van der Waals surface area contributed by atoms with Crippen LogP contribution < -0.4 is 13.5 Å². The molecule has 0 fully saturated rings. The molecule has 0 spiro atoms. The van der Waals surface area contributed by atoms with Gasteiger partial charge in [-0.3, -0.25) is 0 Å². The fraction of sp³-hybridized carbons (Fsp3) is 0.0769. The molecular weight excluding hydrogens is 520 g/mol. The van der Waals surface area contributed by atoms with Gasteiger partial charge in [0.1, 0.15) is 0 Å². The van der Waals surface area contributed by atoms with Gasteiger partial charge in [0.05, 0.1) is 11.4 Å². The monoisotopic (exact) mass is 526 g/mol. The van der Waals surface area contributed by atoms with Gasteiger partial charge in [0, 0.05) is 13.5 Å². The average molecular weight is 529 g/mol. The molecule has 104 valence electrons. The predicted molar refractivity (Wildman–Crippen MR) is 107 cm³/mol. The third kappa shape index (κ3) is 2.82. The van der Waals surface area contributed by atoms with Crippen LogP contribution in [0.25, 0.3) is 0 Å². The summed E-state index contributed by atoms with van der Waals surface area (Å²) in [5.41, 5.74) is 0. The molecule has 7 heteroatoms. The number of hydrogen-bond donors (Lipinski definition) is 0. The molecule has 3 aromatic heterocycles. The highest BCUT2D eigenvalue weighted by atomic mass is 79.9. The Kier molecular flexibility index (Phi) is 4.77. The Hall–Kier alpha value is 0.757. The second kappa shape index (κ2) is 6.10. The van der Waals surface area contributed by atoms with Gasteiger partial charge >= 0.3 is 0 Å². The summed E-state index contributed by atoms with van der Waals surface area (Å²) in [7, 11) is -1.85. The Morgan fingerprint density at radius 1 is 0.650 bits per heavy atom. The van der Waals surface area contributed by atoms with Crippen LogP contribution in [0.2, 0.25) is 6.55 Å². The van der Waals surface area contributed by atoms with Gasteiger partial charge in [0.2, 0.25) is 0 Å². The van der Waals surface area contributed by atoms with E-state index in [1.807, 2.05) is 34.0 Å². The molecule has 0 radical (unpaired) electrons. The molecule has 0 aromatic carbocycles. The summed E-state index contributed by atoms with van der Waals surface area (Å²) in [4.78, 5) is 0. The van der Waals surface area contributed by atoms with Crippen LogP contribution in [-0.2, 0) is 0 Å². The van der Waals surface area contributed by atoms with Crippen molar-refractivity contribution >= 4 is 103 Å². The van der Waals surface area contributed by atoms with E-state index in [0.29, 0.717) is 0 Å². The van der Waals surface area contributed by atoms with Gasteiger partial charge in [0.15, 0.2) is 8.07 Å². The quantitative estimate of drug-likeness (QED) is 0.407. The predicted octanol–water partition coefficient (Wildman–Crippen LogP) is 5.26. The number of rotatable bonds is 3. The van der Waals surface area contributed by atoms with Gasteiger partial charge in [-0.05, 0) is 66.0 Å². The lowest BCUT2D eigenvalue weighted by molar-refractivity contribution is 1.90. The van der Waals surface area contributed by atoms with Crippen molar-refractivity contribution < 1.29 is 0 Å². The standard InChI is InChI=1S/C13H9Br3S3Si/c1-20(11-5-2-8(14)17-11,12-6-3-9(15)18-12)13-7-4-10(16)19-13/h2-7H,1H3. The Bertz CT molecular complexity index is 645. The second-order valence-corrected chi connectivity index (χ2v) is 16.8. The largest absolute Gasteiger partial charge is 0.181 e. The van der Waals surface area contributed by atoms with E-state index in [4.69, 9.17) is 0 Å². The molecule has 0 saturated heterocycles. The fourth-order valence-electron chi connectivity index (χ4n) is 2.11. The highest BCUT2D eigenvalue weighted by Gasteiger charge is 2.38. The molecule has 0 aliphatic carbocycles. The Labute approximate surface area is 156 Å². The first kappa shape index (κ1) is 15.6. The van der Waals surface area contributed by atoms with Gasteiger partial charge in [-0.15, -0.1) is 34.0 Å². The van der Waals surface area contributed by atoms with Crippen LogP contribution in [0.4, 0.5) is 0 Å². The van der Waals surface area contributed by atoms with E-state index in [2.05, 4.69) is 90.7 Å². The molecule has 0 N–H and O–H groups in total. The first-order valence-corrected chi connectivity index (χ1v) is 13.1. The molecule has 0 atom stereocenters. The summed E-state index contributed by atoms with van der Waals surface area (Å²) in [6, 6.07) is 13.3. The normalized spacial score (nSPS) is 12.0. The first-order chi connectivity index (χ1) is 9.50.